The van der Waals surface area contributed by atoms with Gasteiger partial charge in [0.1, 0.15) is 0 Å². The van der Waals surface area contributed by atoms with E-state index in [0.29, 0.717) is 11.0 Å². The number of nitrogens with zero attached hydrogens (tertiary/aromatic N) is 4. The van der Waals surface area contributed by atoms with E-state index in [1.54, 1.807) is 0 Å². The zero-order valence-electron chi connectivity index (χ0n) is 14.7. The number of benzene rings is 1. The predicted octanol–water partition coefficient (Wildman–Crippen LogP) is 3.29. The lowest BCUT2D eigenvalue weighted by Gasteiger charge is -2.03. The van der Waals surface area contributed by atoms with Gasteiger partial charge in [-0.2, -0.15) is 0 Å². The maximum absolute atomic E-state index is 11.9. The molecule has 2 heterocycles. The van der Waals surface area contributed by atoms with E-state index >= 15 is 0 Å². The number of aromatic nitrogens is 4. The quantitative estimate of drug-likeness (QED) is 0.371. The molecule has 0 bridgehead atoms. The van der Waals surface area contributed by atoms with Crippen molar-refractivity contribution in [1.82, 2.24) is 20.2 Å². The molecule has 0 aliphatic rings. The van der Waals surface area contributed by atoms with Crippen LogP contribution in [0.15, 0.2) is 39.9 Å². The van der Waals surface area contributed by atoms with Crippen molar-refractivity contribution in [2.75, 3.05) is 5.75 Å². The molecular weight excluding hydrogens is 352 g/mol. The molecule has 0 N–H and O–H groups in total. The summed E-state index contributed by atoms with van der Waals surface area (Å²) < 4.78 is 10.7. The highest BCUT2D eigenvalue weighted by molar-refractivity contribution is 7.99. The van der Waals surface area contributed by atoms with Gasteiger partial charge in [0.05, 0.1) is 5.75 Å². The second-order valence-electron chi connectivity index (χ2n) is 5.75. The number of esters is 1. The highest BCUT2D eigenvalue weighted by atomic mass is 32.2. The van der Waals surface area contributed by atoms with Crippen LogP contribution in [0.3, 0.4) is 0 Å². The van der Waals surface area contributed by atoms with Crippen molar-refractivity contribution in [3.8, 4) is 11.5 Å². The Morgan fingerprint density at radius 3 is 2.46 bits per heavy atom. The van der Waals surface area contributed by atoms with Crippen LogP contribution in [-0.4, -0.2) is 31.9 Å². The lowest BCUT2D eigenvalue weighted by Crippen LogP contribution is -2.08. The number of hydrogen-bond donors (Lipinski definition) is 0. The van der Waals surface area contributed by atoms with Gasteiger partial charge in [-0.15, -0.1) is 10.2 Å². The Balaban J connectivity index is 1.51. The zero-order valence-corrected chi connectivity index (χ0v) is 15.5. The summed E-state index contributed by atoms with van der Waals surface area (Å²) in [4.78, 5) is 20.4. The summed E-state index contributed by atoms with van der Waals surface area (Å²) in [6, 6.07) is 9.61. The first-order chi connectivity index (χ1) is 12.5. The first-order valence-electron chi connectivity index (χ1n) is 8.00. The predicted molar refractivity (Wildman–Crippen MR) is 96.5 cm³/mol. The fourth-order valence-electron chi connectivity index (χ4n) is 2.19. The van der Waals surface area contributed by atoms with Crippen molar-refractivity contribution < 1.29 is 13.9 Å². The Labute approximate surface area is 155 Å². The minimum atomic E-state index is -0.396. The fourth-order valence-corrected chi connectivity index (χ4v) is 2.94. The number of carbonyl (C=O) groups is 1. The SMILES string of the molecule is Cc1ccc(-c2nnc(COC(=O)CSc3nc(C)cc(C)n3)o2)cc1. The van der Waals surface area contributed by atoms with E-state index in [1.165, 1.54) is 11.8 Å². The molecule has 7 nitrogen and oxygen atoms in total. The molecule has 0 fully saturated rings. The Kier molecular flexibility index (Phi) is 5.62. The van der Waals surface area contributed by atoms with Crippen LogP contribution in [0.2, 0.25) is 0 Å². The Morgan fingerprint density at radius 2 is 1.77 bits per heavy atom. The number of aryl methyl sites for hydroxylation is 3. The summed E-state index contributed by atoms with van der Waals surface area (Å²) in [5.41, 5.74) is 3.70. The van der Waals surface area contributed by atoms with Gasteiger partial charge in [-0.25, -0.2) is 9.97 Å². The van der Waals surface area contributed by atoms with Crippen LogP contribution in [0.5, 0.6) is 0 Å². The lowest BCUT2D eigenvalue weighted by atomic mass is 10.1. The van der Waals surface area contributed by atoms with Crippen LogP contribution in [-0.2, 0) is 16.1 Å². The maximum Gasteiger partial charge on any atom is 0.316 e. The molecule has 0 amide bonds. The average molecular weight is 370 g/mol. The minimum absolute atomic E-state index is 0.0635. The van der Waals surface area contributed by atoms with E-state index in [0.717, 1.165) is 22.5 Å². The van der Waals surface area contributed by atoms with E-state index in [9.17, 15) is 4.79 Å². The van der Waals surface area contributed by atoms with Crippen molar-refractivity contribution in [2.24, 2.45) is 0 Å². The topological polar surface area (TPSA) is 91.0 Å². The maximum atomic E-state index is 11.9. The Morgan fingerprint density at radius 1 is 1.08 bits per heavy atom. The molecule has 8 heteroatoms. The van der Waals surface area contributed by atoms with Crippen molar-refractivity contribution in [3.63, 3.8) is 0 Å². The second kappa shape index (κ2) is 8.09. The Bertz CT molecular complexity index is 889. The summed E-state index contributed by atoms with van der Waals surface area (Å²) in [7, 11) is 0. The van der Waals surface area contributed by atoms with E-state index in [-0.39, 0.29) is 18.3 Å². The third-order valence-corrected chi connectivity index (χ3v) is 4.22. The second-order valence-corrected chi connectivity index (χ2v) is 6.69. The molecule has 134 valence electrons. The van der Waals surface area contributed by atoms with Crippen LogP contribution in [0, 0.1) is 20.8 Å². The third kappa shape index (κ3) is 4.89. The van der Waals surface area contributed by atoms with Gasteiger partial charge < -0.3 is 9.15 Å². The van der Waals surface area contributed by atoms with Gasteiger partial charge >= 0.3 is 5.97 Å². The summed E-state index contributed by atoms with van der Waals surface area (Å²) >= 11 is 1.23. The van der Waals surface area contributed by atoms with E-state index in [4.69, 9.17) is 9.15 Å². The average Bonchev–Trinajstić information content (AvgIpc) is 3.07. The van der Waals surface area contributed by atoms with Crippen molar-refractivity contribution in [2.45, 2.75) is 32.5 Å². The normalized spacial score (nSPS) is 10.7. The van der Waals surface area contributed by atoms with E-state index < -0.39 is 5.97 Å². The monoisotopic (exact) mass is 370 g/mol. The molecule has 0 saturated heterocycles. The van der Waals surface area contributed by atoms with Crippen LogP contribution >= 0.6 is 11.8 Å². The molecule has 0 saturated carbocycles. The Hall–Kier alpha value is -2.74. The molecule has 3 aromatic rings. The molecule has 2 aromatic heterocycles. The molecule has 1 aromatic carbocycles. The molecule has 0 aliphatic heterocycles. The highest BCUT2D eigenvalue weighted by Gasteiger charge is 2.12. The van der Waals surface area contributed by atoms with Crippen LogP contribution in [0.25, 0.3) is 11.5 Å². The van der Waals surface area contributed by atoms with E-state index in [1.807, 2.05) is 51.1 Å². The summed E-state index contributed by atoms with van der Waals surface area (Å²) in [6.07, 6.45) is 0. The zero-order chi connectivity index (χ0) is 18.5. The summed E-state index contributed by atoms with van der Waals surface area (Å²) in [6.45, 7) is 5.71. The van der Waals surface area contributed by atoms with Gasteiger partial charge in [-0.1, -0.05) is 29.5 Å². The first-order valence-corrected chi connectivity index (χ1v) is 8.98. The molecule has 0 aliphatic carbocycles. The molecular formula is C18H18N4O3S. The van der Waals surface area contributed by atoms with Crippen molar-refractivity contribution >= 4 is 17.7 Å². The number of thioether (sulfide) groups is 1. The number of ether oxygens (including phenoxy) is 1. The van der Waals surface area contributed by atoms with Crippen LogP contribution in [0.1, 0.15) is 22.8 Å². The molecule has 0 radical (unpaired) electrons. The molecule has 3 rings (SSSR count). The lowest BCUT2D eigenvalue weighted by molar-refractivity contribution is -0.142. The largest absolute Gasteiger partial charge is 0.455 e. The van der Waals surface area contributed by atoms with E-state index in [2.05, 4.69) is 20.2 Å². The third-order valence-electron chi connectivity index (χ3n) is 3.40. The van der Waals surface area contributed by atoms with Gasteiger partial charge in [-0.05, 0) is 39.0 Å². The molecule has 0 atom stereocenters. The van der Waals surface area contributed by atoms with Gasteiger partial charge in [0, 0.05) is 17.0 Å². The fraction of sp³-hybridized carbons (Fsp3) is 0.278. The van der Waals surface area contributed by atoms with Crippen LogP contribution in [0.4, 0.5) is 0 Å². The van der Waals surface area contributed by atoms with Gasteiger partial charge in [-0.3, -0.25) is 4.79 Å². The smallest absolute Gasteiger partial charge is 0.316 e. The molecule has 26 heavy (non-hydrogen) atoms. The number of hydrogen-bond acceptors (Lipinski definition) is 8. The van der Waals surface area contributed by atoms with Crippen LogP contribution < -0.4 is 0 Å². The summed E-state index contributed by atoms with van der Waals surface area (Å²) in [5.74, 6) is 0.366. The standard InChI is InChI=1S/C18H18N4O3S/c1-11-4-6-14(7-5-11)17-22-21-15(25-17)9-24-16(23)10-26-18-19-12(2)8-13(3)20-18/h4-8H,9-10H2,1-3H3. The molecule has 0 unspecified atom stereocenters. The summed E-state index contributed by atoms with van der Waals surface area (Å²) in [5, 5.41) is 8.43. The van der Waals surface area contributed by atoms with Gasteiger partial charge in [0.15, 0.2) is 11.8 Å². The van der Waals surface area contributed by atoms with Gasteiger partial charge in [0.2, 0.25) is 5.89 Å². The van der Waals surface area contributed by atoms with Gasteiger partial charge in [0.25, 0.3) is 5.89 Å². The number of rotatable bonds is 6. The highest BCUT2D eigenvalue weighted by Crippen LogP contribution is 2.19. The van der Waals surface area contributed by atoms with Crippen molar-refractivity contribution in [1.29, 1.82) is 0 Å². The van der Waals surface area contributed by atoms with Crippen molar-refractivity contribution in [3.05, 3.63) is 53.2 Å². The first kappa shape index (κ1) is 18.1. The minimum Gasteiger partial charge on any atom is -0.455 e. The number of carbonyl (C=O) groups excluding carboxylic acids is 1. The molecule has 0 spiro atoms.